The smallest absolute Gasteiger partial charge is 0.115 e. The zero-order valence-corrected chi connectivity index (χ0v) is 20.5. The molecule has 0 bridgehead atoms. The zero-order valence-electron chi connectivity index (χ0n) is 20.5. The minimum absolute atomic E-state index is 0.0348. The fourth-order valence-electron chi connectivity index (χ4n) is 4.56. The second-order valence-electron chi connectivity index (χ2n) is 9.21. The summed E-state index contributed by atoms with van der Waals surface area (Å²) >= 11 is 0. The van der Waals surface area contributed by atoms with E-state index in [2.05, 4.69) is 91.5 Å². The molecular formula is C33H29NO2. The molecule has 0 amide bonds. The lowest BCUT2D eigenvalue weighted by molar-refractivity contribution is 0.475. The van der Waals surface area contributed by atoms with E-state index in [1.807, 2.05) is 24.3 Å². The highest BCUT2D eigenvalue weighted by Crippen LogP contribution is 2.38. The van der Waals surface area contributed by atoms with E-state index in [4.69, 9.17) is 0 Å². The summed E-state index contributed by atoms with van der Waals surface area (Å²) in [6.07, 6.45) is 0. The molecule has 5 rings (SSSR count). The molecule has 0 aliphatic heterocycles. The Kier molecular flexibility index (Phi) is 6.46. The van der Waals surface area contributed by atoms with Crippen LogP contribution < -0.4 is 4.90 Å². The van der Waals surface area contributed by atoms with Crippen molar-refractivity contribution in [2.45, 2.75) is 19.8 Å². The highest BCUT2D eigenvalue weighted by molar-refractivity contribution is 5.76. The second-order valence-corrected chi connectivity index (χ2v) is 9.21. The van der Waals surface area contributed by atoms with E-state index < -0.39 is 0 Å². The molecule has 0 atom stereocenters. The maximum atomic E-state index is 9.83. The summed E-state index contributed by atoms with van der Waals surface area (Å²) in [6, 6.07) is 40.4. The Hall–Kier alpha value is -4.50. The number of phenolic OH excluding ortho intramolecular Hbond substituents is 2. The lowest BCUT2D eigenvalue weighted by Crippen LogP contribution is -2.10. The van der Waals surface area contributed by atoms with E-state index in [0.717, 1.165) is 33.8 Å². The number of benzene rings is 5. The van der Waals surface area contributed by atoms with E-state index in [0.29, 0.717) is 0 Å². The minimum Gasteiger partial charge on any atom is -0.508 e. The highest BCUT2D eigenvalue weighted by Gasteiger charge is 2.19. The standard InChI is InChI=1S/C33H29NO2/c1-23-3-13-28(14-4-23)34(29-15-5-24(2)6-16-29)30-17-7-25(8-18-30)33(26-9-19-31(35)20-10-26)27-11-21-32(36)22-12-27/h3-22,33,35-36H,1-2H3. The van der Waals surface area contributed by atoms with E-state index in [9.17, 15) is 10.2 Å². The van der Waals surface area contributed by atoms with Gasteiger partial charge < -0.3 is 15.1 Å². The molecule has 178 valence electrons. The molecular weight excluding hydrogens is 442 g/mol. The van der Waals surface area contributed by atoms with Gasteiger partial charge in [-0.05, 0) is 91.2 Å². The number of rotatable bonds is 6. The second kappa shape index (κ2) is 10.0. The van der Waals surface area contributed by atoms with Gasteiger partial charge in [-0.1, -0.05) is 71.8 Å². The van der Waals surface area contributed by atoms with Crippen LogP contribution in [-0.4, -0.2) is 10.2 Å². The van der Waals surface area contributed by atoms with Crippen LogP contribution in [0.4, 0.5) is 17.1 Å². The van der Waals surface area contributed by atoms with Crippen LogP contribution in [0.5, 0.6) is 11.5 Å². The van der Waals surface area contributed by atoms with Crippen molar-refractivity contribution in [1.82, 2.24) is 0 Å². The third-order valence-electron chi connectivity index (χ3n) is 6.52. The normalized spacial score (nSPS) is 11.0. The predicted molar refractivity (Wildman–Crippen MR) is 148 cm³/mol. The summed E-state index contributed by atoms with van der Waals surface area (Å²) in [5.41, 5.74) is 8.99. The molecule has 0 fully saturated rings. The Morgan fingerprint density at radius 3 is 1.03 bits per heavy atom. The molecule has 3 heteroatoms. The SMILES string of the molecule is Cc1ccc(N(c2ccc(C)cc2)c2ccc(C(c3ccc(O)cc3)c3ccc(O)cc3)cc2)cc1. The lowest BCUT2D eigenvalue weighted by Gasteiger charge is -2.27. The van der Waals surface area contributed by atoms with Crippen LogP contribution in [0.1, 0.15) is 33.7 Å². The Morgan fingerprint density at radius 2 is 0.694 bits per heavy atom. The summed E-state index contributed by atoms with van der Waals surface area (Å²) in [5, 5.41) is 19.7. The van der Waals surface area contributed by atoms with Crippen molar-refractivity contribution < 1.29 is 10.2 Å². The van der Waals surface area contributed by atoms with Crippen LogP contribution in [0.15, 0.2) is 121 Å². The van der Waals surface area contributed by atoms with Crippen molar-refractivity contribution in [2.24, 2.45) is 0 Å². The molecule has 0 unspecified atom stereocenters. The molecule has 3 nitrogen and oxygen atoms in total. The van der Waals surface area contributed by atoms with Crippen LogP contribution in [0, 0.1) is 13.8 Å². The third kappa shape index (κ3) is 4.96. The maximum absolute atomic E-state index is 9.83. The Labute approximate surface area is 212 Å². The molecule has 0 aliphatic carbocycles. The van der Waals surface area contributed by atoms with E-state index in [1.165, 1.54) is 11.1 Å². The number of phenols is 2. The van der Waals surface area contributed by atoms with Gasteiger partial charge in [0.1, 0.15) is 11.5 Å². The molecule has 36 heavy (non-hydrogen) atoms. The number of anilines is 3. The van der Waals surface area contributed by atoms with Gasteiger partial charge >= 0.3 is 0 Å². The van der Waals surface area contributed by atoms with E-state index in [-0.39, 0.29) is 17.4 Å². The molecule has 0 aromatic heterocycles. The molecule has 0 aliphatic rings. The average Bonchev–Trinajstić information content (AvgIpc) is 2.90. The third-order valence-corrected chi connectivity index (χ3v) is 6.52. The summed E-state index contributed by atoms with van der Waals surface area (Å²) < 4.78 is 0. The predicted octanol–water partition coefficient (Wildman–Crippen LogP) is 8.36. The van der Waals surface area contributed by atoms with Crippen molar-refractivity contribution in [3.8, 4) is 11.5 Å². The van der Waals surface area contributed by atoms with Gasteiger partial charge in [-0.25, -0.2) is 0 Å². The van der Waals surface area contributed by atoms with Crippen molar-refractivity contribution in [3.63, 3.8) is 0 Å². The van der Waals surface area contributed by atoms with E-state index in [1.54, 1.807) is 24.3 Å². The van der Waals surface area contributed by atoms with Gasteiger partial charge in [-0.2, -0.15) is 0 Å². The number of hydrogen-bond donors (Lipinski definition) is 2. The van der Waals surface area contributed by atoms with Gasteiger partial charge in [-0.3, -0.25) is 0 Å². The molecule has 2 N–H and O–H groups in total. The number of nitrogens with zero attached hydrogens (tertiary/aromatic N) is 1. The van der Waals surface area contributed by atoms with Gasteiger partial charge in [0.25, 0.3) is 0 Å². The summed E-state index contributed by atoms with van der Waals surface area (Å²) in [4.78, 5) is 2.26. The molecule has 0 spiro atoms. The Morgan fingerprint density at radius 1 is 0.417 bits per heavy atom. The average molecular weight is 472 g/mol. The van der Waals surface area contributed by atoms with Crippen LogP contribution in [0.2, 0.25) is 0 Å². The Balaban J connectivity index is 1.57. The van der Waals surface area contributed by atoms with Crippen LogP contribution in [0.3, 0.4) is 0 Å². The molecule has 0 saturated heterocycles. The van der Waals surface area contributed by atoms with Gasteiger partial charge in [-0.15, -0.1) is 0 Å². The Bertz CT molecular complexity index is 1220. The van der Waals surface area contributed by atoms with E-state index >= 15 is 0 Å². The van der Waals surface area contributed by atoms with Crippen LogP contribution in [-0.2, 0) is 0 Å². The first-order chi connectivity index (χ1) is 17.5. The zero-order chi connectivity index (χ0) is 25.1. The van der Waals surface area contributed by atoms with Crippen LogP contribution in [0.25, 0.3) is 0 Å². The fourth-order valence-corrected chi connectivity index (χ4v) is 4.56. The van der Waals surface area contributed by atoms with Gasteiger partial charge in [0.15, 0.2) is 0 Å². The van der Waals surface area contributed by atoms with Crippen molar-refractivity contribution in [3.05, 3.63) is 149 Å². The molecule has 0 radical (unpaired) electrons. The summed E-state index contributed by atoms with van der Waals surface area (Å²) in [6.45, 7) is 4.20. The first-order valence-corrected chi connectivity index (χ1v) is 12.1. The monoisotopic (exact) mass is 471 g/mol. The largest absolute Gasteiger partial charge is 0.508 e. The molecule has 5 aromatic rings. The molecule has 0 heterocycles. The first kappa shape index (κ1) is 23.3. The van der Waals surface area contributed by atoms with Gasteiger partial charge in [0, 0.05) is 23.0 Å². The number of hydrogen-bond acceptors (Lipinski definition) is 3. The molecule has 0 saturated carbocycles. The van der Waals surface area contributed by atoms with Crippen molar-refractivity contribution in [1.29, 1.82) is 0 Å². The van der Waals surface area contributed by atoms with Crippen LogP contribution >= 0.6 is 0 Å². The maximum Gasteiger partial charge on any atom is 0.115 e. The van der Waals surface area contributed by atoms with Crippen molar-refractivity contribution >= 4 is 17.1 Å². The summed E-state index contributed by atoms with van der Waals surface area (Å²) in [5.74, 6) is 0.447. The van der Waals surface area contributed by atoms with Gasteiger partial charge in [0.05, 0.1) is 0 Å². The lowest BCUT2D eigenvalue weighted by atomic mass is 9.85. The fraction of sp³-hybridized carbons (Fsp3) is 0.0909. The minimum atomic E-state index is -0.0348. The van der Waals surface area contributed by atoms with Crippen molar-refractivity contribution in [2.75, 3.05) is 4.90 Å². The highest BCUT2D eigenvalue weighted by atomic mass is 16.3. The quantitative estimate of drug-likeness (QED) is 0.245. The summed E-state index contributed by atoms with van der Waals surface area (Å²) in [7, 11) is 0. The number of aryl methyl sites for hydroxylation is 2. The van der Waals surface area contributed by atoms with Gasteiger partial charge in [0.2, 0.25) is 0 Å². The first-order valence-electron chi connectivity index (χ1n) is 12.1. The number of aromatic hydroxyl groups is 2. The topological polar surface area (TPSA) is 43.7 Å². The molecule has 5 aromatic carbocycles.